The van der Waals surface area contributed by atoms with E-state index in [0.717, 1.165) is 28.5 Å². The molecule has 0 aliphatic carbocycles. The van der Waals surface area contributed by atoms with Gasteiger partial charge in [0.05, 0.1) is 10.6 Å². The molecule has 2 N–H and O–H groups in total. The Kier molecular flexibility index (Phi) is 6.69. The first-order chi connectivity index (χ1) is 16.2. The SMILES string of the molecule is CCn1c(SCC(=O)c2cc(C)n(-c3ccc(S(N)(=O)=O)cc3)c2C)nnc1-c1ccncc1. The second-order valence-electron chi connectivity index (χ2n) is 7.66. The number of carbonyl (C=O) groups is 1. The largest absolute Gasteiger partial charge is 0.318 e. The Balaban J connectivity index is 1.55. The van der Waals surface area contributed by atoms with Crippen molar-refractivity contribution in [1.82, 2.24) is 24.3 Å². The normalized spacial score (nSPS) is 11.6. The van der Waals surface area contributed by atoms with Crippen molar-refractivity contribution >= 4 is 27.6 Å². The summed E-state index contributed by atoms with van der Waals surface area (Å²) in [5.74, 6) is 0.922. The van der Waals surface area contributed by atoms with Crippen LogP contribution < -0.4 is 5.14 Å². The molecular formula is C23H24N6O3S2. The van der Waals surface area contributed by atoms with Crippen LogP contribution >= 0.6 is 11.8 Å². The lowest BCUT2D eigenvalue weighted by Crippen LogP contribution is -2.12. The molecule has 1 aromatic carbocycles. The van der Waals surface area contributed by atoms with E-state index >= 15 is 0 Å². The molecule has 3 aromatic heterocycles. The summed E-state index contributed by atoms with van der Waals surface area (Å²) in [5, 5.41) is 14.5. The smallest absolute Gasteiger partial charge is 0.238 e. The van der Waals surface area contributed by atoms with Crippen molar-refractivity contribution in [3.05, 3.63) is 71.8 Å². The number of Topliss-reactive ketones (excluding diaryl/α,β-unsaturated/α-hetero) is 1. The van der Waals surface area contributed by atoms with Crippen LogP contribution in [0, 0.1) is 13.8 Å². The maximum atomic E-state index is 13.1. The van der Waals surface area contributed by atoms with Gasteiger partial charge in [0, 0.05) is 47.1 Å². The number of carbonyl (C=O) groups excluding carboxylic acids is 1. The minimum atomic E-state index is -3.77. The molecule has 0 bridgehead atoms. The first-order valence-corrected chi connectivity index (χ1v) is 13.1. The van der Waals surface area contributed by atoms with E-state index in [9.17, 15) is 13.2 Å². The first kappa shape index (κ1) is 23.9. The number of sulfonamides is 1. The molecule has 0 fully saturated rings. The molecule has 0 unspecified atom stereocenters. The molecule has 0 atom stereocenters. The predicted octanol–water partition coefficient (Wildman–Crippen LogP) is 3.39. The second-order valence-corrected chi connectivity index (χ2v) is 10.2. The highest BCUT2D eigenvalue weighted by Gasteiger charge is 2.20. The van der Waals surface area contributed by atoms with Gasteiger partial charge in [0.2, 0.25) is 10.0 Å². The Morgan fingerprint density at radius 1 is 1.06 bits per heavy atom. The lowest BCUT2D eigenvalue weighted by atomic mass is 10.2. The summed E-state index contributed by atoms with van der Waals surface area (Å²) in [6.45, 7) is 6.45. The number of nitrogens with zero attached hydrogens (tertiary/aromatic N) is 5. The molecule has 11 heteroatoms. The van der Waals surface area contributed by atoms with Gasteiger partial charge in [-0.3, -0.25) is 9.78 Å². The van der Waals surface area contributed by atoms with Crippen molar-refractivity contribution in [3.63, 3.8) is 0 Å². The minimum absolute atomic E-state index is 0.0263. The van der Waals surface area contributed by atoms with Crippen LogP contribution in [-0.2, 0) is 16.6 Å². The van der Waals surface area contributed by atoms with Gasteiger partial charge in [-0.25, -0.2) is 13.6 Å². The van der Waals surface area contributed by atoms with E-state index in [0.29, 0.717) is 17.3 Å². The zero-order valence-corrected chi connectivity index (χ0v) is 20.6. The van der Waals surface area contributed by atoms with Crippen molar-refractivity contribution in [3.8, 4) is 17.1 Å². The number of ketones is 1. The van der Waals surface area contributed by atoms with Gasteiger partial charge < -0.3 is 9.13 Å². The molecule has 0 aliphatic heterocycles. The summed E-state index contributed by atoms with van der Waals surface area (Å²) in [7, 11) is -3.77. The van der Waals surface area contributed by atoms with Gasteiger partial charge in [0.25, 0.3) is 0 Å². The Morgan fingerprint density at radius 2 is 1.74 bits per heavy atom. The van der Waals surface area contributed by atoms with Crippen LogP contribution in [0.1, 0.15) is 28.7 Å². The Labute approximate surface area is 202 Å². The summed E-state index contributed by atoms with van der Waals surface area (Å²) in [6.07, 6.45) is 3.41. The zero-order valence-electron chi connectivity index (χ0n) is 19.0. The number of primary sulfonamides is 1. The summed E-state index contributed by atoms with van der Waals surface area (Å²) in [6, 6.07) is 11.9. The van der Waals surface area contributed by atoms with Crippen LogP contribution in [0.25, 0.3) is 17.1 Å². The average molecular weight is 497 g/mol. The molecule has 0 saturated carbocycles. The van der Waals surface area contributed by atoms with Gasteiger partial charge >= 0.3 is 0 Å². The van der Waals surface area contributed by atoms with E-state index in [1.54, 1.807) is 24.5 Å². The van der Waals surface area contributed by atoms with Gasteiger partial charge in [0.15, 0.2) is 16.8 Å². The fourth-order valence-corrected chi connectivity index (χ4v) is 5.23. The third kappa shape index (κ3) is 4.67. The number of hydrogen-bond acceptors (Lipinski definition) is 7. The number of rotatable bonds is 8. The highest BCUT2D eigenvalue weighted by atomic mass is 32.2. The van der Waals surface area contributed by atoms with Crippen molar-refractivity contribution < 1.29 is 13.2 Å². The van der Waals surface area contributed by atoms with Gasteiger partial charge in [-0.1, -0.05) is 11.8 Å². The van der Waals surface area contributed by atoms with E-state index < -0.39 is 10.0 Å². The van der Waals surface area contributed by atoms with E-state index in [4.69, 9.17) is 5.14 Å². The number of aryl methyl sites for hydroxylation is 1. The minimum Gasteiger partial charge on any atom is -0.318 e. The molecule has 0 radical (unpaired) electrons. The maximum Gasteiger partial charge on any atom is 0.238 e. The van der Waals surface area contributed by atoms with E-state index in [1.807, 2.05) is 48.1 Å². The fraction of sp³-hybridized carbons (Fsp3) is 0.217. The standard InChI is InChI=1S/C23H24N6O3S2/c1-4-28-22(17-9-11-25-12-10-17)26-27-23(28)33-14-21(30)20-13-15(2)29(16(20)3)18-5-7-19(8-6-18)34(24,31)32/h5-13H,4,14H2,1-3H3,(H2,24,31,32). The lowest BCUT2D eigenvalue weighted by molar-refractivity contribution is 0.102. The quantitative estimate of drug-likeness (QED) is 0.293. The summed E-state index contributed by atoms with van der Waals surface area (Å²) in [4.78, 5) is 17.2. The van der Waals surface area contributed by atoms with E-state index in [-0.39, 0.29) is 16.4 Å². The molecule has 4 aromatic rings. The number of pyridine rings is 1. The summed E-state index contributed by atoms with van der Waals surface area (Å²) >= 11 is 1.35. The molecule has 34 heavy (non-hydrogen) atoms. The van der Waals surface area contributed by atoms with Crippen molar-refractivity contribution in [2.45, 2.75) is 37.4 Å². The monoisotopic (exact) mass is 496 g/mol. The number of aromatic nitrogens is 5. The maximum absolute atomic E-state index is 13.1. The van der Waals surface area contributed by atoms with Gasteiger partial charge in [-0.15, -0.1) is 10.2 Å². The van der Waals surface area contributed by atoms with Crippen LogP contribution in [-0.4, -0.2) is 44.3 Å². The fourth-order valence-electron chi connectivity index (χ4n) is 3.83. The Bertz CT molecular complexity index is 1440. The summed E-state index contributed by atoms with van der Waals surface area (Å²) in [5.41, 5.74) is 3.92. The highest BCUT2D eigenvalue weighted by molar-refractivity contribution is 7.99. The van der Waals surface area contributed by atoms with Crippen molar-refractivity contribution in [2.75, 3.05) is 5.75 Å². The molecule has 0 saturated heterocycles. The van der Waals surface area contributed by atoms with Gasteiger partial charge in [-0.05, 0) is 63.2 Å². The Morgan fingerprint density at radius 3 is 2.35 bits per heavy atom. The number of hydrogen-bond donors (Lipinski definition) is 1. The third-order valence-corrected chi connectivity index (χ3v) is 7.35. The first-order valence-electron chi connectivity index (χ1n) is 10.5. The van der Waals surface area contributed by atoms with Crippen LogP contribution in [0.3, 0.4) is 0 Å². The molecule has 0 aliphatic rings. The van der Waals surface area contributed by atoms with Crippen LogP contribution in [0.15, 0.2) is 64.9 Å². The number of nitrogens with two attached hydrogens (primary N) is 1. The van der Waals surface area contributed by atoms with Gasteiger partial charge in [0.1, 0.15) is 0 Å². The molecule has 3 heterocycles. The van der Waals surface area contributed by atoms with Crippen molar-refractivity contribution in [2.24, 2.45) is 5.14 Å². The third-order valence-electron chi connectivity index (χ3n) is 5.46. The molecule has 0 spiro atoms. The number of thioether (sulfide) groups is 1. The Hall–Kier alpha value is -3.28. The van der Waals surface area contributed by atoms with E-state index in [1.165, 1.54) is 23.9 Å². The van der Waals surface area contributed by atoms with Crippen LogP contribution in [0.4, 0.5) is 0 Å². The van der Waals surface area contributed by atoms with Crippen LogP contribution in [0.2, 0.25) is 0 Å². The summed E-state index contributed by atoms with van der Waals surface area (Å²) < 4.78 is 27.0. The molecule has 9 nitrogen and oxygen atoms in total. The molecule has 4 rings (SSSR count). The molecule has 0 amide bonds. The van der Waals surface area contributed by atoms with Gasteiger partial charge in [-0.2, -0.15) is 0 Å². The lowest BCUT2D eigenvalue weighted by Gasteiger charge is -2.10. The molecular weight excluding hydrogens is 472 g/mol. The molecule has 176 valence electrons. The van der Waals surface area contributed by atoms with E-state index in [2.05, 4.69) is 15.2 Å². The van der Waals surface area contributed by atoms with Crippen molar-refractivity contribution in [1.29, 1.82) is 0 Å². The highest BCUT2D eigenvalue weighted by Crippen LogP contribution is 2.27. The second kappa shape index (κ2) is 9.53. The average Bonchev–Trinajstić information content (AvgIpc) is 3.37. The topological polar surface area (TPSA) is 126 Å². The number of benzene rings is 1. The predicted molar refractivity (Wildman–Crippen MR) is 131 cm³/mol. The van der Waals surface area contributed by atoms with Crippen LogP contribution in [0.5, 0.6) is 0 Å². The zero-order chi connectivity index (χ0) is 24.5.